The van der Waals surface area contributed by atoms with Gasteiger partial charge in [0, 0.05) is 19.3 Å². The first-order chi connectivity index (χ1) is 7.63. The highest BCUT2D eigenvalue weighted by Gasteiger charge is 2.04. The van der Waals surface area contributed by atoms with Crippen LogP contribution in [0.2, 0.25) is 0 Å². The quantitative estimate of drug-likeness (QED) is 0.507. The molecule has 0 aromatic carbocycles. The molecule has 0 amide bonds. The van der Waals surface area contributed by atoms with Crippen LogP contribution in [0.15, 0.2) is 18.3 Å². The van der Waals surface area contributed by atoms with Gasteiger partial charge in [0.2, 0.25) is 0 Å². The van der Waals surface area contributed by atoms with Crippen LogP contribution in [0.1, 0.15) is 16.1 Å². The number of aromatic carboxylic acids is 1. The summed E-state index contributed by atoms with van der Waals surface area (Å²) in [6.45, 7) is 0.383. The van der Waals surface area contributed by atoms with Crippen molar-refractivity contribution in [3.8, 4) is 0 Å². The first-order valence-corrected chi connectivity index (χ1v) is 4.81. The summed E-state index contributed by atoms with van der Waals surface area (Å²) >= 11 is 0. The zero-order valence-corrected chi connectivity index (χ0v) is 8.63. The Labute approximate surface area is 92.6 Å². The van der Waals surface area contributed by atoms with Crippen LogP contribution in [0, 0.1) is 0 Å². The zero-order valence-electron chi connectivity index (χ0n) is 8.63. The molecule has 0 fully saturated rings. The smallest absolute Gasteiger partial charge is 0.337 e. The highest BCUT2D eigenvalue weighted by atomic mass is 16.4. The van der Waals surface area contributed by atoms with Gasteiger partial charge in [-0.15, -0.1) is 0 Å². The number of carbonyl (C=O) groups is 1. The highest BCUT2D eigenvalue weighted by Crippen LogP contribution is 1.99. The van der Waals surface area contributed by atoms with Gasteiger partial charge in [-0.1, -0.05) is 0 Å². The number of hydrogen-bond acceptors (Lipinski definition) is 5. The number of nitrogens with zero attached hydrogens (tertiary/aromatic N) is 1. The standard InChI is InChI=1S/C10H14N2O4/c13-6-9(14)5-11-4-8-2-1-7(3-12-8)10(15)16/h1-3,9,11,13-14H,4-6H2,(H,15,16). The summed E-state index contributed by atoms with van der Waals surface area (Å²) < 4.78 is 0. The molecule has 1 atom stereocenters. The number of carboxylic acid groups (broad SMARTS) is 1. The van der Waals surface area contributed by atoms with E-state index in [2.05, 4.69) is 10.3 Å². The molecule has 1 aromatic rings. The van der Waals surface area contributed by atoms with Gasteiger partial charge in [0.25, 0.3) is 0 Å². The second-order valence-corrected chi connectivity index (χ2v) is 3.31. The van der Waals surface area contributed by atoms with E-state index in [1.54, 1.807) is 6.07 Å². The lowest BCUT2D eigenvalue weighted by Crippen LogP contribution is -2.29. The van der Waals surface area contributed by atoms with Gasteiger partial charge in [0.1, 0.15) is 0 Å². The fourth-order valence-corrected chi connectivity index (χ4v) is 1.09. The van der Waals surface area contributed by atoms with Crippen molar-refractivity contribution < 1.29 is 20.1 Å². The maximum absolute atomic E-state index is 10.5. The SMILES string of the molecule is O=C(O)c1ccc(CNCC(O)CO)nc1. The van der Waals surface area contributed by atoms with Crippen molar-refractivity contribution in [2.24, 2.45) is 0 Å². The summed E-state index contributed by atoms with van der Waals surface area (Å²) in [6, 6.07) is 3.07. The molecular weight excluding hydrogens is 212 g/mol. The molecule has 0 spiro atoms. The van der Waals surface area contributed by atoms with E-state index >= 15 is 0 Å². The molecular formula is C10H14N2O4. The number of aliphatic hydroxyl groups excluding tert-OH is 2. The number of aromatic nitrogens is 1. The number of rotatable bonds is 6. The van der Waals surface area contributed by atoms with E-state index in [0.717, 1.165) is 0 Å². The summed E-state index contributed by atoms with van der Waals surface area (Å²) in [4.78, 5) is 14.5. The number of aliphatic hydroxyl groups is 2. The predicted octanol–water partition coefficient (Wildman–Crippen LogP) is -0.777. The van der Waals surface area contributed by atoms with E-state index in [1.165, 1.54) is 12.3 Å². The van der Waals surface area contributed by atoms with Crippen LogP contribution in [0.4, 0.5) is 0 Å². The zero-order chi connectivity index (χ0) is 12.0. The molecule has 0 saturated heterocycles. The summed E-state index contributed by atoms with van der Waals surface area (Å²) in [6.07, 6.45) is 0.486. The first-order valence-electron chi connectivity index (χ1n) is 4.81. The van der Waals surface area contributed by atoms with E-state index in [1.807, 2.05) is 0 Å². The molecule has 0 saturated carbocycles. The third-order valence-electron chi connectivity index (χ3n) is 1.97. The van der Waals surface area contributed by atoms with Crippen LogP contribution >= 0.6 is 0 Å². The van der Waals surface area contributed by atoms with E-state index in [4.69, 9.17) is 15.3 Å². The van der Waals surface area contributed by atoms with Gasteiger partial charge in [-0.25, -0.2) is 4.79 Å². The molecule has 88 valence electrons. The van der Waals surface area contributed by atoms with E-state index in [9.17, 15) is 4.79 Å². The molecule has 1 rings (SSSR count). The monoisotopic (exact) mass is 226 g/mol. The topological polar surface area (TPSA) is 103 Å². The third-order valence-corrected chi connectivity index (χ3v) is 1.97. The Bertz CT molecular complexity index is 339. The molecule has 0 aliphatic heterocycles. The largest absolute Gasteiger partial charge is 0.478 e. The Morgan fingerprint density at radius 1 is 1.50 bits per heavy atom. The highest BCUT2D eigenvalue weighted by molar-refractivity contribution is 5.87. The molecule has 1 aromatic heterocycles. The Kier molecular flexibility index (Phi) is 4.84. The Hall–Kier alpha value is -1.50. The van der Waals surface area contributed by atoms with Crippen molar-refractivity contribution in [2.75, 3.05) is 13.2 Å². The van der Waals surface area contributed by atoms with E-state index < -0.39 is 12.1 Å². The van der Waals surface area contributed by atoms with E-state index in [-0.39, 0.29) is 18.7 Å². The lowest BCUT2D eigenvalue weighted by atomic mass is 10.2. The molecule has 4 N–H and O–H groups in total. The average molecular weight is 226 g/mol. The van der Waals surface area contributed by atoms with Crippen molar-refractivity contribution in [1.82, 2.24) is 10.3 Å². The molecule has 0 aliphatic rings. The van der Waals surface area contributed by atoms with Crippen LogP contribution in [-0.2, 0) is 6.54 Å². The molecule has 6 nitrogen and oxygen atoms in total. The van der Waals surface area contributed by atoms with Crippen molar-refractivity contribution in [1.29, 1.82) is 0 Å². The second kappa shape index (κ2) is 6.16. The molecule has 0 aliphatic carbocycles. The fraction of sp³-hybridized carbons (Fsp3) is 0.400. The summed E-state index contributed by atoms with van der Waals surface area (Å²) in [7, 11) is 0. The lowest BCUT2D eigenvalue weighted by molar-refractivity contribution is 0.0696. The van der Waals surface area contributed by atoms with Crippen molar-refractivity contribution >= 4 is 5.97 Å². The van der Waals surface area contributed by atoms with Crippen LogP contribution < -0.4 is 5.32 Å². The number of pyridine rings is 1. The minimum absolute atomic E-state index is 0.138. The van der Waals surface area contributed by atoms with Crippen LogP contribution in [0.5, 0.6) is 0 Å². The maximum atomic E-state index is 10.5. The lowest BCUT2D eigenvalue weighted by Gasteiger charge is -2.08. The van der Waals surface area contributed by atoms with Crippen LogP contribution in [-0.4, -0.2) is 45.5 Å². The predicted molar refractivity (Wildman–Crippen MR) is 56.0 cm³/mol. The minimum Gasteiger partial charge on any atom is -0.478 e. The molecule has 6 heteroatoms. The minimum atomic E-state index is -1.01. The number of nitrogens with one attached hydrogen (secondary N) is 1. The van der Waals surface area contributed by atoms with Crippen molar-refractivity contribution in [3.63, 3.8) is 0 Å². The van der Waals surface area contributed by atoms with Crippen LogP contribution in [0.3, 0.4) is 0 Å². The first kappa shape index (κ1) is 12.6. The van der Waals surface area contributed by atoms with Gasteiger partial charge in [-0.05, 0) is 12.1 Å². The van der Waals surface area contributed by atoms with Gasteiger partial charge in [-0.3, -0.25) is 4.98 Å². The van der Waals surface area contributed by atoms with Gasteiger partial charge >= 0.3 is 5.97 Å². The van der Waals surface area contributed by atoms with E-state index in [0.29, 0.717) is 12.2 Å². The Morgan fingerprint density at radius 2 is 2.25 bits per heavy atom. The average Bonchev–Trinajstić information content (AvgIpc) is 2.29. The van der Waals surface area contributed by atoms with Gasteiger partial charge in [0.15, 0.2) is 0 Å². The third kappa shape index (κ3) is 3.93. The molecule has 0 radical (unpaired) electrons. The van der Waals surface area contributed by atoms with Gasteiger partial charge in [0.05, 0.1) is 24.0 Å². The normalized spacial score (nSPS) is 12.4. The molecule has 1 heterocycles. The van der Waals surface area contributed by atoms with Crippen molar-refractivity contribution in [2.45, 2.75) is 12.6 Å². The summed E-state index contributed by atoms with van der Waals surface area (Å²) in [5.41, 5.74) is 0.814. The Morgan fingerprint density at radius 3 is 2.75 bits per heavy atom. The Balaban J connectivity index is 2.40. The summed E-state index contributed by atoms with van der Waals surface area (Å²) in [5, 5.41) is 29.1. The van der Waals surface area contributed by atoms with Crippen LogP contribution in [0.25, 0.3) is 0 Å². The number of hydrogen-bond donors (Lipinski definition) is 4. The molecule has 0 bridgehead atoms. The fourth-order valence-electron chi connectivity index (χ4n) is 1.09. The second-order valence-electron chi connectivity index (χ2n) is 3.31. The van der Waals surface area contributed by atoms with Gasteiger partial charge in [-0.2, -0.15) is 0 Å². The number of carboxylic acids is 1. The summed E-state index contributed by atoms with van der Waals surface area (Å²) in [5.74, 6) is -1.01. The van der Waals surface area contributed by atoms with Crippen molar-refractivity contribution in [3.05, 3.63) is 29.6 Å². The maximum Gasteiger partial charge on any atom is 0.337 e. The molecule has 1 unspecified atom stereocenters. The molecule has 16 heavy (non-hydrogen) atoms. The van der Waals surface area contributed by atoms with Gasteiger partial charge < -0.3 is 20.6 Å².